The highest BCUT2D eigenvalue weighted by Crippen LogP contribution is 2.15. The molecule has 0 aliphatic heterocycles. The van der Waals surface area contributed by atoms with Crippen molar-refractivity contribution in [2.45, 2.75) is 33.2 Å². The zero-order chi connectivity index (χ0) is 10.6. The standard InChI is InChI=1S/C9H16ClN3S/c1-6(2)4-8(5-10)12-9-11-7(3)13-14-9/h6,8H,4-5H2,1-3H3,(H,11,12,13). The van der Waals surface area contributed by atoms with Crippen LogP contribution in [0.2, 0.25) is 0 Å². The van der Waals surface area contributed by atoms with Crippen molar-refractivity contribution >= 4 is 28.3 Å². The number of halogens is 1. The third-order valence-corrected chi connectivity index (χ3v) is 2.91. The molecule has 1 aromatic rings. The molecule has 0 saturated carbocycles. The summed E-state index contributed by atoms with van der Waals surface area (Å²) in [5.41, 5.74) is 0. The first-order chi connectivity index (χ1) is 6.61. The quantitative estimate of drug-likeness (QED) is 0.795. The van der Waals surface area contributed by atoms with E-state index >= 15 is 0 Å². The van der Waals surface area contributed by atoms with Crippen LogP contribution in [-0.4, -0.2) is 21.3 Å². The van der Waals surface area contributed by atoms with Gasteiger partial charge in [0.1, 0.15) is 5.82 Å². The van der Waals surface area contributed by atoms with Crippen molar-refractivity contribution in [2.75, 3.05) is 11.2 Å². The molecule has 1 unspecified atom stereocenters. The highest BCUT2D eigenvalue weighted by molar-refractivity contribution is 7.09. The van der Waals surface area contributed by atoms with Crippen LogP contribution >= 0.6 is 23.1 Å². The summed E-state index contributed by atoms with van der Waals surface area (Å²) in [6.07, 6.45) is 1.06. The highest BCUT2D eigenvalue weighted by Gasteiger charge is 2.11. The van der Waals surface area contributed by atoms with Crippen molar-refractivity contribution in [2.24, 2.45) is 5.92 Å². The van der Waals surface area contributed by atoms with Gasteiger partial charge in [-0.3, -0.25) is 0 Å². The van der Waals surface area contributed by atoms with Crippen LogP contribution in [0.25, 0.3) is 0 Å². The van der Waals surface area contributed by atoms with Gasteiger partial charge < -0.3 is 5.32 Å². The number of anilines is 1. The first-order valence-electron chi connectivity index (χ1n) is 4.74. The van der Waals surface area contributed by atoms with E-state index in [1.165, 1.54) is 11.5 Å². The lowest BCUT2D eigenvalue weighted by molar-refractivity contribution is 0.542. The van der Waals surface area contributed by atoms with E-state index in [9.17, 15) is 0 Å². The summed E-state index contributed by atoms with van der Waals surface area (Å²) in [6, 6.07) is 0.295. The second-order valence-electron chi connectivity index (χ2n) is 3.77. The van der Waals surface area contributed by atoms with Gasteiger partial charge in [-0.05, 0) is 19.3 Å². The molecule has 80 valence electrons. The Kier molecular flexibility index (Phi) is 4.62. The molecule has 5 heteroatoms. The summed E-state index contributed by atoms with van der Waals surface area (Å²) in [5, 5.41) is 4.16. The highest BCUT2D eigenvalue weighted by atomic mass is 35.5. The fourth-order valence-corrected chi connectivity index (χ4v) is 2.11. The van der Waals surface area contributed by atoms with Crippen molar-refractivity contribution in [3.8, 4) is 0 Å². The lowest BCUT2D eigenvalue weighted by Crippen LogP contribution is -2.23. The third-order valence-electron chi connectivity index (χ3n) is 1.80. The van der Waals surface area contributed by atoms with Crippen molar-refractivity contribution in [1.82, 2.24) is 9.36 Å². The van der Waals surface area contributed by atoms with Gasteiger partial charge in [0.05, 0.1) is 0 Å². The van der Waals surface area contributed by atoms with Gasteiger partial charge in [0.2, 0.25) is 5.13 Å². The average Bonchev–Trinajstić information content (AvgIpc) is 2.49. The Bertz CT molecular complexity index is 275. The van der Waals surface area contributed by atoms with Gasteiger partial charge in [-0.25, -0.2) is 4.98 Å². The summed E-state index contributed by atoms with van der Waals surface area (Å²) in [7, 11) is 0. The number of hydrogen-bond acceptors (Lipinski definition) is 4. The molecule has 0 aliphatic carbocycles. The van der Waals surface area contributed by atoms with Gasteiger partial charge >= 0.3 is 0 Å². The van der Waals surface area contributed by atoms with E-state index < -0.39 is 0 Å². The van der Waals surface area contributed by atoms with Crippen LogP contribution in [0.5, 0.6) is 0 Å². The second-order valence-corrected chi connectivity index (χ2v) is 4.83. The number of nitrogens with one attached hydrogen (secondary N) is 1. The molecular weight excluding hydrogens is 218 g/mol. The fraction of sp³-hybridized carbons (Fsp3) is 0.778. The summed E-state index contributed by atoms with van der Waals surface area (Å²) in [4.78, 5) is 4.24. The smallest absolute Gasteiger partial charge is 0.202 e. The Morgan fingerprint density at radius 2 is 2.21 bits per heavy atom. The minimum Gasteiger partial charge on any atom is -0.356 e. The van der Waals surface area contributed by atoms with Crippen LogP contribution in [0.1, 0.15) is 26.1 Å². The molecule has 1 atom stereocenters. The molecule has 1 aromatic heterocycles. The van der Waals surface area contributed by atoms with Gasteiger partial charge in [0.25, 0.3) is 0 Å². The zero-order valence-corrected chi connectivity index (χ0v) is 10.3. The van der Waals surface area contributed by atoms with E-state index in [1.54, 1.807) is 0 Å². The molecule has 0 aliphatic rings. The summed E-state index contributed by atoms with van der Waals surface area (Å²) in [5.74, 6) is 2.06. The Morgan fingerprint density at radius 1 is 1.50 bits per heavy atom. The number of hydrogen-bond donors (Lipinski definition) is 1. The predicted molar refractivity (Wildman–Crippen MR) is 62.2 cm³/mol. The van der Waals surface area contributed by atoms with Gasteiger partial charge in [0, 0.05) is 23.5 Å². The van der Waals surface area contributed by atoms with Crippen molar-refractivity contribution < 1.29 is 0 Å². The largest absolute Gasteiger partial charge is 0.356 e. The van der Waals surface area contributed by atoms with Crippen LogP contribution in [0.15, 0.2) is 0 Å². The molecule has 0 amide bonds. The third kappa shape index (κ3) is 3.80. The van der Waals surface area contributed by atoms with Gasteiger partial charge in [0.15, 0.2) is 0 Å². The second kappa shape index (κ2) is 5.51. The van der Waals surface area contributed by atoms with E-state index in [-0.39, 0.29) is 0 Å². The Labute approximate surface area is 94.1 Å². The maximum absolute atomic E-state index is 5.86. The maximum atomic E-state index is 5.86. The SMILES string of the molecule is Cc1nsc(NC(CCl)CC(C)C)n1. The zero-order valence-electron chi connectivity index (χ0n) is 8.75. The van der Waals surface area contributed by atoms with Crippen LogP contribution in [-0.2, 0) is 0 Å². The van der Waals surface area contributed by atoms with Crippen molar-refractivity contribution in [3.63, 3.8) is 0 Å². The van der Waals surface area contributed by atoms with Gasteiger partial charge in [-0.1, -0.05) is 13.8 Å². The molecule has 0 spiro atoms. The van der Waals surface area contributed by atoms with E-state index in [4.69, 9.17) is 11.6 Å². The summed E-state index contributed by atoms with van der Waals surface area (Å²) >= 11 is 7.25. The van der Waals surface area contributed by atoms with Crippen LogP contribution in [0.3, 0.4) is 0 Å². The molecule has 0 radical (unpaired) electrons. The first kappa shape index (κ1) is 11.7. The van der Waals surface area contributed by atoms with E-state index in [0.717, 1.165) is 17.4 Å². The van der Waals surface area contributed by atoms with Crippen LogP contribution < -0.4 is 5.32 Å². The average molecular weight is 234 g/mol. The minimum absolute atomic E-state index is 0.295. The molecule has 0 bridgehead atoms. The van der Waals surface area contributed by atoms with E-state index in [1.807, 2.05) is 6.92 Å². The normalized spacial score (nSPS) is 13.2. The number of aromatic nitrogens is 2. The number of aryl methyl sites for hydroxylation is 1. The topological polar surface area (TPSA) is 37.8 Å². The molecule has 3 nitrogen and oxygen atoms in total. The maximum Gasteiger partial charge on any atom is 0.202 e. The molecule has 0 saturated heterocycles. The molecular formula is C9H16ClN3S. The Balaban J connectivity index is 2.48. The van der Waals surface area contributed by atoms with Gasteiger partial charge in [-0.2, -0.15) is 4.37 Å². The first-order valence-corrected chi connectivity index (χ1v) is 6.05. The van der Waals surface area contributed by atoms with Crippen LogP contribution in [0, 0.1) is 12.8 Å². The van der Waals surface area contributed by atoms with E-state index in [2.05, 4.69) is 28.5 Å². The Morgan fingerprint density at radius 3 is 2.64 bits per heavy atom. The Hall–Kier alpha value is -0.350. The van der Waals surface area contributed by atoms with E-state index in [0.29, 0.717) is 17.8 Å². The summed E-state index contributed by atoms with van der Waals surface area (Å²) in [6.45, 7) is 6.26. The molecule has 0 fully saturated rings. The van der Waals surface area contributed by atoms with Crippen LogP contribution in [0.4, 0.5) is 5.13 Å². The lowest BCUT2D eigenvalue weighted by Gasteiger charge is -2.16. The molecule has 1 rings (SSSR count). The predicted octanol–water partition coefficient (Wildman–Crippen LogP) is 2.91. The number of alkyl halides is 1. The van der Waals surface area contributed by atoms with Crippen molar-refractivity contribution in [1.29, 1.82) is 0 Å². The lowest BCUT2D eigenvalue weighted by atomic mass is 10.1. The number of nitrogens with zero attached hydrogens (tertiary/aromatic N) is 2. The minimum atomic E-state index is 0.295. The number of rotatable bonds is 5. The molecule has 1 N–H and O–H groups in total. The molecule has 0 aromatic carbocycles. The van der Waals surface area contributed by atoms with Gasteiger partial charge in [-0.15, -0.1) is 11.6 Å². The monoisotopic (exact) mass is 233 g/mol. The molecule has 1 heterocycles. The summed E-state index contributed by atoms with van der Waals surface area (Å²) < 4.78 is 4.11. The molecule has 14 heavy (non-hydrogen) atoms. The fourth-order valence-electron chi connectivity index (χ4n) is 1.26. The van der Waals surface area contributed by atoms with Crippen molar-refractivity contribution in [3.05, 3.63) is 5.82 Å².